The van der Waals surface area contributed by atoms with Crippen LogP contribution in [0.4, 0.5) is 14.6 Å². The predicted octanol–water partition coefficient (Wildman–Crippen LogP) is 2.28. The monoisotopic (exact) mass is 403 g/mol. The highest BCUT2D eigenvalue weighted by Gasteiger charge is 2.60. The summed E-state index contributed by atoms with van der Waals surface area (Å²) >= 11 is 0. The van der Waals surface area contributed by atoms with Gasteiger partial charge < -0.3 is 20.0 Å². The fourth-order valence-corrected chi connectivity index (χ4v) is 6.55. The Bertz CT molecular complexity index is 724. The number of nitrogen functional groups attached to an aromatic ring is 1. The molecular weight excluding hydrogens is 376 g/mol. The van der Waals surface area contributed by atoms with E-state index in [2.05, 4.69) is 18.1 Å². The molecule has 0 spiro atoms. The van der Waals surface area contributed by atoms with Gasteiger partial charge in [0.05, 0.1) is 6.61 Å². The second-order valence-corrected chi connectivity index (χ2v) is 12.2. The van der Waals surface area contributed by atoms with Crippen molar-refractivity contribution in [2.45, 2.75) is 75.1 Å². The largest absolute Gasteiger partial charge is 0.414 e. The Morgan fingerprint density at radius 2 is 2.07 bits per heavy atom. The van der Waals surface area contributed by atoms with Crippen molar-refractivity contribution in [1.82, 2.24) is 9.55 Å². The van der Waals surface area contributed by atoms with Gasteiger partial charge in [-0.2, -0.15) is 13.8 Å². The highest BCUT2D eigenvalue weighted by atomic mass is 28.4. The number of nitrogens with zero attached hydrogens (tertiary/aromatic N) is 2. The number of halogens is 2. The molecule has 3 rings (SSSR count). The van der Waals surface area contributed by atoms with Crippen LogP contribution >= 0.6 is 0 Å². The van der Waals surface area contributed by atoms with Crippen LogP contribution in [-0.2, 0) is 9.16 Å². The fourth-order valence-electron chi connectivity index (χ4n) is 3.92. The molecule has 10 heteroatoms. The normalized spacial score (nSPS) is 29.1. The fraction of sp³-hybridized carbons (Fsp3) is 0.765. The van der Waals surface area contributed by atoms with Crippen LogP contribution in [0.1, 0.15) is 38.3 Å². The SMILES string of the molecule is C[Si](C)(OCC1OC(n2ccc(N)nc2=O)C(F)(F)C1O)C1CCCCC1. The molecule has 3 atom stereocenters. The molecule has 1 aromatic rings. The van der Waals surface area contributed by atoms with Crippen LogP contribution in [0, 0.1) is 0 Å². The minimum atomic E-state index is -3.65. The summed E-state index contributed by atoms with van der Waals surface area (Å²) in [5.74, 6) is -3.72. The predicted molar refractivity (Wildman–Crippen MR) is 98.0 cm³/mol. The summed E-state index contributed by atoms with van der Waals surface area (Å²) in [6, 6.07) is 1.23. The minimum Gasteiger partial charge on any atom is -0.414 e. The number of rotatable bonds is 5. The smallest absolute Gasteiger partial charge is 0.351 e. The van der Waals surface area contributed by atoms with E-state index in [1.54, 1.807) is 0 Å². The Balaban J connectivity index is 1.71. The van der Waals surface area contributed by atoms with E-state index in [4.69, 9.17) is 14.9 Å². The number of aliphatic hydroxyl groups excluding tert-OH is 1. The van der Waals surface area contributed by atoms with Gasteiger partial charge in [-0.25, -0.2) is 4.79 Å². The quantitative estimate of drug-likeness (QED) is 0.732. The molecule has 2 aliphatic rings. The van der Waals surface area contributed by atoms with E-state index in [9.17, 15) is 18.7 Å². The van der Waals surface area contributed by atoms with Gasteiger partial charge in [0.2, 0.25) is 6.23 Å². The van der Waals surface area contributed by atoms with Crippen LogP contribution in [0.3, 0.4) is 0 Å². The Morgan fingerprint density at radius 3 is 2.70 bits per heavy atom. The zero-order valence-corrected chi connectivity index (χ0v) is 16.6. The lowest BCUT2D eigenvalue weighted by atomic mass is 10.0. The van der Waals surface area contributed by atoms with Crippen molar-refractivity contribution in [2.75, 3.05) is 12.3 Å². The summed E-state index contributed by atoms with van der Waals surface area (Å²) in [7, 11) is -2.10. The van der Waals surface area contributed by atoms with Gasteiger partial charge in [-0.3, -0.25) is 4.57 Å². The minimum absolute atomic E-state index is 0.0711. The Morgan fingerprint density at radius 1 is 1.41 bits per heavy atom. The molecule has 2 heterocycles. The number of hydrogen-bond donors (Lipinski definition) is 2. The van der Waals surface area contributed by atoms with Gasteiger partial charge in [-0.1, -0.05) is 32.1 Å². The number of nitrogens with two attached hydrogens (primary N) is 1. The third kappa shape index (κ3) is 4.08. The third-order valence-electron chi connectivity index (χ3n) is 5.69. The van der Waals surface area contributed by atoms with E-state index in [1.165, 1.54) is 25.3 Å². The Labute approximate surface area is 157 Å². The van der Waals surface area contributed by atoms with Gasteiger partial charge in [-0.15, -0.1) is 0 Å². The molecular formula is C17H27F2N3O4Si. The molecule has 0 radical (unpaired) electrons. The second-order valence-electron chi connectivity index (χ2n) is 7.94. The molecule has 1 aliphatic carbocycles. The van der Waals surface area contributed by atoms with Crippen molar-refractivity contribution < 1.29 is 23.1 Å². The summed E-state index contributed by atoms with van der Waals surface area (Å²) in [6.45, 7) is 4.03. The Hall–Kier alpha value is -1.36. The maximum absolute atomic E-state index is 14.6. The van der Waals surface area contributed by atoms with E-state index in [1.807, 2.05) is 0 Å². The first kappa shape index (κ1) is 20.4. The van der Waals surface area contributed by atoms with Crippen LogP contribution in [0.2, 0.25) is 18.6 Å². The number of alkyl halides is 2. The van der Waals surface area contributed by atoms with Crippen LogP contribution < -0.4 is 11.4 Å². The molecule has 1 aliphatic heterocycles. The van der Waals surface area contributed by atoms with E-state index in [0.29, 0.717) is 10.1 Å². The number of ether oxygens (including phenoxy) is 1. The van der Waals surface area contributed by atoms with Crippen molar-refractivity contribution in [1.29, 1.82) is 0 Å². The molecule has 3 unspecified atom stereocenters. The molecule has 0 amide bonds. The maximum Gasteiger partial charge on any atom is 0.351 e. The summed E-state index contributed by atoms with van der Waals surface area (Å²) in [5, 5.41) is 10.1. The molecule has 27 heavy (non-hydrogen) atoms. The Kier molecular flexibility index (Phi) is 5.71. The van der Waals surface area contributed by atoms with Crippen molar-refractivity contribution >= 4 is 14.1 Å². The van der Waals surface area contributed by atoms with Crippen LogP contribution in [0.15, 0.2) is 17.1 Å². The van der Waals surface area contributed by atoms with Crippen molar-refractivity contribution in [2.24, 2.45) is 0 Å². The van der Waals surface area contributed by atoms with E-state index in [-0.39, 0.29) is 12.4 Å². The average molecular weight is 404 g/mol. The molecule has 0 aromatic carbocycles. The van der Waals surface area contributed by atoms with Gasteiger partial charge in [0.15, 0.2) is 14.4 Å². The molecule has 1 saturated carbocycles. The topological polar surface area (TPSA) is 99.6 Å². The van der Waals surface area contributed by atoms with E-state index in [0.717, 1.165) is 19.0 Å². The molecule has 1 aromatic heterocycles. The average Bonchev–Trinajstić information content (AvgIpc) is 2.84. The summed E-state index contributed by atoms with van der Waals surface area (Å²) < 4.78 is 41.2. The van der Waals surface area contributed by atoms with E-state index >= 15 is 0 Å². The number of hydrogen-bond acceptors (Lipinski definition) is 6. The lowest BCUT2D eigenvalue weighted by molar-refractivity contribution is -0.140. The highest BCUT2D eigenvalue weighted by Crippen LogP contribution is 2.43. The first-order valence-corrected chi connectivity index (χ1v) is 12.3. The second kappa shape index (κ2) is 7.57. The van der Waals surface area contributed by atoms with Crippen molar-refractivity contribution in [3.8, 4) is 0 Å². The van der Waals surface area contributed by atoms with Gasteiger partial charge in [-0.05, 0) is 24.7 Å². The van der Waals surface area contributed by atoms with Crippen LogP contribution in [-0.4, -0.2) is 47.7 Å². The highest BCUT2D eigenvalue weighted by molar-refractivity contribution is 6.72. The van der Waals surface area contributed by atoms with Gasteiger partial charge in [0.25, 0.3) is 0 Å². The zero-order valence-electron chi connectivity index (χ0n) is 15.6. The van der Waals surface area contributed by atoms with E-state index < -0.39 is 38.4 Å². The molecule has 3 N–H and O–H groups in total. The molecule has 7 nitrogen and oxygen atoms in total. The van der Waals surface area contributed by atoms with Gasteiger partial charge in [0.1, 0.15) is 11.9 Å². The zero-order chi connectivity index (χ0) is 19.8. The molecule has 152 valence electrons. The number of aliphatic hydroxyl groups is 1. The number of anilines is 1. The van der Waals surface area contributed by atoms with Crippen molar-refractivity contribution in [3.05, 3.63) is 22.7 Å². The molecule has 0 bridgehead atoms. The van der Waals surface area contributed by atoms with Gasteiger partial charge in [0, 0.05) is 6.20 Å². The van der Waals surface area contributed by atoms with Crippen LogP contribution in [0.25, 0.3) is 0 Å². The standard InChI is InChI=1S/C17H27F2N3O4Si/c1-27(2,11-6-4-3-5-7-11)25-10-12-14(23)17(18,19)15(26-12)22-9-8-13(20)21-16(22)24/h8-9,11-12,14-15,23H,3-7,10H2,1-2H3,(H2,20,21,24). The molecule has 2 fully saturated rings. The van der Waals surface area contributed by atoms with Crippen molar-refractivity contribution in [3.63, 3.8) is 0 Å². The molecule has 1 saturated heterocycles. The lowest BCUT2D eigenvalue weighted by Gasteiger charge is -2.35. The first-order chi connectivity index (χ1) is 12.6. The summed E-state index contributed by atoms with van der Waals surface area (Å²) in [4.78, 5) is 15.4. The lowest BCUT2D eigenvalue weighted by Crippen LogP contribution is -2.44. The van der Waals surface area contributed by atoms with Gasteiger partial charge >= 0.3 is 11.6 Å². The summed E-state index contributed by atoms with van der Waals surface area (Å²) in [5.41, 5.74) is 4.92. The number of aromatic nitrogens is 2. The third-order valence-corrected chi connectivity index (χ3v) is 9.15. The maximum atomic E-state index is 14.6. The summed E-state index contributed by atoms with van der Waals surface area (Å²) in [6.07, 6.45) is 1.62. The first-order valence-electron chi connectivity index (χ1n) is 9.33. The van der Waals surface area contributed by atoms with Crippen LogP contribution in [0.5, 0.6) is 0 Å².